The number of para-hydroxylation sites is 1. The number of benzene rings is 3. The molecule has 0 aliphatic rings. The number of pyridine rings is 2. The van der Waals surface area contributed by atoms with E-state index in [1.54, 1.807) is 13.2 Å². The van der Waals surface area contributed by atoms with Gasteiger partial charge >= 0.3 is 0 Å². The molecule has 0 saturated heterocycles. The molecule has 142 valence electrons. The van der Waals surface area contributed by atoms with Gasteiger partial charge in [0.1, 0.15) is 5.75 Å². The number of nitriles is 1. The second-order valence-electron chi connectivity index (χ2n) is 7.01. The maximum absolute atomic E-state index is 9.29. The van der Waals surface area contributed by atoms with Crippen LogP contribution in [0.15, 0.2) is 85.1 Å². The SMILES string of the molecule is COc1ccc(-c2cc(-c3cccc(C#N)c3)nc3cnc4ccccc4c23)cc1. The summed E-state index contributed by atoms with van der Waals surface area (Å²) >= 11 is 0. The van der Waals surface area contributed by atoms with E-state index in [1.807, 2.05) is 54.7 Å². The van der Waals surface area contributed by atoms with E-state index >= 15 is 0 Å². The second kappa shape index (κ2) is 7.31. The zero-order chi connectivity index (χ0) is 20.5. The first-order chi connectivity index (χ1) is 14.8. The molecule has 0 saturated carbocycles. The van der Waals surface area contributed by atoms with Crippen molar-refractivity contribution in [1.82, 2.24) is 9.97 Å². The fourth-order valence-electron chi connectivity index (χ4n) is 3.76. The van der Waals surface area contributed by atoms with Crippen molar-refractivity contribution in [3.05, 3.63) is 90.6 Å². The van der Waals surface area contributed by atoms with Crippen LogP contribution in [0.5, 0.6) is 5.75 Å². The summed E-state index contributed by atoms with van der Waals surface area (Å²) in [7, 11) is 1.66. The Balaban J connectivity index is 1.84. The second-order valence-corrected chi connectivity index (χ2v) is 7.01. The molecule has 2 heterocycles. The van der Waals surface area contributed by atoms with Crippen LogP contribution in [-0.2, 0) is 0 Å². The number of hydrogen-bond donors (Lipinski definition) is 0. The lowest BCUT2D eigenvalue weighted by Gasteiger charge is -2.13. The van der Waals surface area contributed by atoms with Gasteiger partial charge in [0.15, 0.2) is 0 Å². The summed E-state index contributed by atoms with van der Waals surface area (Å²) in [6.07, 6.45) is 1.82. The molecular formula is C26H17N3O. The average Bonchev–Trinajstić information content (AvgIpc) is 2.83. The van der Waals surface area contributed by atoms with E-state index in [4.69, 9.17) is 9.72 Å². The smallest absolute Gasteiger partial charge is 0.118 e. The molecule has 3 aromatic carbocycles. The highest BCUT2D eigenvalue weighted by Crippen LogP contribution is 2.36. The molecule has 0 spiro atoms. The van der Waals surface area contributed by atoms with E-state index in [9.17, 15) is 5.26 Å². The van der Waals surface area contributed by atoms with Crippen LogP contribution in [0, 0.1) is 11.3 Å². The van der Waals surface area contributed by atoms with E-state index in [0.29, 0.717) is 5.56 Å². The maximum Gasteiger partial charge on any atom is 0.118 e. The molecule has 0 aliphatic carbocycles. The lowest BCUT2D eigenvalue weighted by atomic mass is 9.96. The van der Waals surface area contributed by atoms with Gasteiger partial charge in [-0.3, -0.25) is 4.98 Å². The predicted molar refractivity (Wildman–Crippen MR) is 119 cm³/mol. The molecule has 0 unspecified atom stereocenters. The predicted octanol–water partition coefficient (Wildman–Crippen LogP) is 6.00. The first-order valence-electron chi connectivity index (χ1n) is 9.60. The molecular weight excluding hydrogens is 370 g/mol. The van der Waals surface area contributed by atoms with Gasteiger partial charge in [-0.1, -0.05) is 42.5 Å². The molecule has 30 heavy (non-hydrogen) atoms. The van der Waals surface area contributed by atoms with Crippen molar-refractivity contribution in [1.29, 1.82) is 5.26 Å². The van der Waals surface area contributed by atoms with Crippen molar-refractivity contribution < 1.29 is 4.74 Å². The van der Waals surface area contributed by atoms with Gasteiger partial charge in [-0.2, -0.15) is 5.26 Å². The van der Waals surface area contributed by atoms with Crippen LogP contribution in [0.2, 0.25) is 0 Å². The number of nitrogens with zero attached hydrogens (tertiary/aromatic N) is 3. The van der Waals surface area contributed by atoms with Gasteiger partial charge in [-0.05, 0) is 47.5 Å². The van der Waals surface area contributed by atoms with Gasteiger partial charge in [0, 0.05) is 16.3 Å². The topological polar surface area (TPSA) is 58.8 Å². The molecule has 0 aliphatic heterocycles. The maximum atomic E-state index is 9.29. The van der Waals surface area contributed by atoms with Crippen molar-refractivity contribution in [2.24, 2.45) is 0 Å². The van der Waals surface area contributed by atoms with E-state index < -0.39 is 0 Å². The average molecular weight is 387 g/mol. The molecule has 0 N–H and O–H groups in total. The fourth-order valence-corrected chi connectivity index (χ4v) is 3.76. The lowest BCUT2D eigenvalue weighted by molar-refractivity contribution is 0.415. The van der Waals surface area contributed by atoms with Crippen LogP contribution in [0.25, 0.3) is 44.2 Å². The molecule has 4 heteroatoms. The van der Waals surface area contributed by atoms with Gasteiger partial charge < -0.3 is 4.74 Å². The first-order valence-corrected chi connectivity index (χ1v) is 9.60. The molecule has 4 nitrogen and oxygen atoms in total. The number of hydrogen-bond acceptors (Lipinski definition) is 4. The molecule has 5 rings (SSSR count). The minimum atomic E-state index is 0.608. The molecule has 0 bridgehead atoms. The highest BCUT2D eigenvalue weighted by molar-refractivity contribution is 6.12. The molecule has 0 radical (unpaired) electrons. The Morgan fingerprint density at radius 2 is 1.67 bits per heavy atom. The van der Waals surface area contributed by atoms with E-state index in [-0.39, 0.29) is 0 Å². The Labute approximate surface area is 174 Å². The van der Waals surface area contributed by atoms with Gasteiger partial charge in [-0.15, -0.1) is 0 Å². The lowest BCUT2D eigenvalue weighted by Crippen LogP contribution is -1.93. The third-order valence-electron chi connectivity index (χ3n) is 5.24. The number of ether oxygens (including phenoxy) is 1. The Kier molecular flexibility index (Phi) is 4.34. The standard InChI is InChI=1S/C26H17N3O/c1-30-20-11-9-18(10-12-20)22-14-24(19-6-4-5-17(13-19)15-27)29-25-16-28-23-8-3-2-7-21(23)26(22)25/h2-14,16H,1H3. The van der Waals surface area contributed by atoms with Crippen LogP contribution >= 0.6 is 0 Å². The largest absolute Gasteiger partial charge is 0.497 e. The van der Waals surface area contributed by atoms with Crippen LogP contribution in [-0.4, -0.2) is 17.1 Å². The highest BCUT2D eigenvalue weighted by atomic mass is 16.5. The minimum absolute atomic E-state index is 0.608. The Bertz CT molecular complexity index is 1430. The summed E-state index contributed by atoms with van der Waals surface area (Å²) in [6.45, 7) is 0. The normalized spacial score (nSPS) is 10.8. The summed E-state index contributed by atoms with van der Waals surface area (Å²) in [6, 6.07) is 27.9. The highest BCUT2D eigenvalue weighted by Gasteiger charge is 2.13. The number of fused-ring (bicyclic) bond motifs is 3. The van der Waals surface area contributed by atoms with Crippen molar-refractivity contribution in [3.8, 4) is 34.2 Å². The Morgan fingerprint density at radius 1 is 0.833 bits per heavy atom. The fraction of sp³-hybridized carbons (Fsp3) is 0.0385. The Morgan fingerprint density at radius 3 is 2.47 bits per heavy atom. The van der Waals surface area contributed by atoms with Crippen molar-refractivity contribution in [2.45, 2.75) is 0 Å². The molecule has 0 atom stereocenters. The zero-order valence-corrected chi connectivity index (χ0v) is 16.3. The summed E-state index contributed by atoms with van der Waals surface area (Å²) in [4.78, 5) is 9.50. The van der Waals surface area contributed by atoms with Gasteiger partial charge in [0.25, 0.3) is 0 Å². The van der Waals surface area contributed by atoms with Crippen molar-refractivity contribution in [3.63, 3.8) is 0 Å². The van der Waals surface area contributed by atoms with Crippen LogP contribution in [0.3, 0.4) is 0 Å². The van der Waals surface area contributed by atoms with Crippen molar-refractivity contribution >= 4 is 21.8 Å². The van der Waals surface area contributed by atoms with Crippen molar-refractivity contribution in [2.75, 3.05) is 7.11 Å². The van der Waals surface area contributed by atoms with E-state index in [1.165, 1.54) is 0 Å². The number of aromatic nitrogens is 2. The third-order valence-corrected chi connectivity index (χ3v) is 5.24. The number of methoxy groups -OCH3 is 1. The molecule has 0 amide bonds. The molecule has 5 aromatic rings. The van der Waals surface area contributed by atoms with Crippen LogP contribution in [0.1, 0.15) is 5.56 Å². The summed E-state index contributed by atoms with van der Waals surface area (Å²) < 4.78 is 5.33. The van der Waals surface area contributed by atoms with Gasteiger partial charge in [0.2, 0.25) is 0 Å². The summed E-state index contributed by atoms with van der Waals surface area (Å²) in [5, 5.41) is 11.4. The first kappa shape index (κ1) is 17.8. The van der Waals surface area contributed by atoms with E-state index in [0.717, 1.165) is 49.9 Å². The Hall–Kier alpha value is -4.23. The minimum Gasteiger partial charge on any atom is -0.497 e. The third kappa shape index (κ3) is 3.03. The molecule has 0 fully saturated rings. The summed E-state index contributed by atoms with van der Waals surface area (Å²) in [5.41, 5.74) is 6.20. The zero-order valence-electron chi connectivity index (χ0n) is 16.3. The van der Waals surface area contributed by atoms with Gasteiger partial charge in [-0.25, -0.2) is 4.98 Å². The van der Waals surface area contributed by atoms with Crippen LogP contribution < -0.4 is 4.74 Å². The van der Waals surface area contributed by atoms with E-state index in [2.05, 4.69) is 35.3 Å². The number of rotatable bonds is 3. The van der Waals surface area contributed by atoms with Gasteiger partial charge in [0.05, 0.1) is 41.7 Å². The quantitative estimate of drug-likeness (QED) is 0.356. The monoisotopic (exact) mass is 387 g/mol. The molecule has 2 aromatic heterocycles. The van der Waals surface area contributed by atoms with Crippen LogP contribution in [0.4, 0.5) is 0 Å². The summed E-state index contributed by atoms with van der Waals surface area (Å²) in [5.74, 6) is 0.811.